The minimum Gasteiger partial charge on any atom is -0.478 e. The standard InChI is InChI=1S/C17H24N2O4/c1-12-11-18(16(22)23-17(2,3)4)9-10-19(12)14-8-6-5-7-13(14)15(20)21/h5-8,12H,9-11H2,1-4H3,(H,20,21). The maximum absolute atomic E-state index is 12.2. The number of carbonyl (C=O) groups is 2. The Hall–Kier alpha value is -2.24. The van der Waals surface area contributed by atoms with Gasteiger partial charge in [-0.1, -0.05) is 12.1 Å². The number of anilines is 1. The number of amides is 1. The van der Waals surface area contributed by atoms with E-state index in [1.165, 1.54) is 0 Å². The van der Waals surface area contributed by atoms with Gasteiger partial charge in [-0.05, 0) is 39.8 Å². The van der Waals surface area contributed by atoms with Crippen LogP contribution in [0.3, 0.4) is 0 Å². The van der Waals surface area contributed by atoms with Crippen LogP contribution in [-0.2, 0) is 4.74 Å². The SMILES string of the molecule is CC1CN(C(=O)OC(C)(C)C)CCN1c1ccccc1C(=O)O. The number of ether oxygens (including phenoxy) is 1. The van der Waals surface area contributed by atoms with E-state index >= 15 is 0 Å². The van der Waals surface area contributed by atoms with Crippen molar-refractivity contribution < 1.29 is 19.4 Å². The summed E-state index contributed by atoms with van der Waals surface area (Å²) in [6.45, 7) is 9.09. The summed E-state index contributed by atoms with van der Waals surface area (Å²) in [6, 6.07) is 6.97. The summed E-state index contributed by atoms with van der Waals surface area (Å²) in [5, 5.41) is 9.34. The van der Waals surface area contributed by atoms with Crippen LogP contribution in [0.25, 0.3) is 0 Å². The topological polar surface area (TPSA) is 70.1 Å². The van der Waals surface area contributed by atoms with E-state index in [9.17, 15) is 14.7 Å². The lowest BCUT2D eigenvalue weighted by Crippen LogP contribution is -2.54. The molecule has 1 aromatic rings. The number of carboxylic acids is 1. The Morgan fingerprint density at radius 1 is 1.22 bits per heavy atom. The van der Waals surface area contributed by atoms with Crippen molar-refractivity contribution in [2.24, 2.45) is 0 Å². The fourth-order valence-electron chi connectivity index (χ4n) is 2.71. The second-order valence-corrected chi connectivity index (χ2v) is 6.79. The fourth-order valence-corrected chi connectivity index (χ4v) is 2.71. The van der Waals surface area contributed by atoms with Crippen molar-refractivity contribution in [3.8, 4) is 0 Å². The van der Waals surface area contributed by atoms with Gasteiger partial charge in [0, 0.05) is 25.7 Å². The summed E-state index contributed by atoms with van der Waals surface area (Å²) in [6.07, 6.45) is -0.324. The molecule has 1 atom stereocenters. The van der Waals surface area contributed by atoms with Crippen LogP contribution in [0.4, 0.5) is 10.5 Å². The second-order valence-electron chi connectivity index (χ2n) is 6.79. The number of nitrogens with zero attached hydrogens (tertiary/aromatic N) is 2. The quantitative estimate of drug-likeness (QED) is 0.907. The highest BCUT2D eigenvalue weighted by atomic mass is 16.6. The van der Waals surface area contributed by atoms with E-state index in [0.717, 1.165) is 0 Å². The van der Waals surface area contributed by atoms with Crippen LogP contribution in [0.5, 0.6) is 0 Å². The molecule has 0 saturated carbocycles. The maximum atomic E-state index is 12.2. The van der Waals surface area contributed by atoms with Gasteiger partial charge in [-0.2, -0.15) is 0 Å². The van der Waals surface area contributed by atoms with E-state index in [2.05, 4.69) is 0 Å². The maximum Gasteiger partial charge on any atom is 0.410 e. The van der Waals surface area contributed by atoms with Gasteiger partial charge in [0.25, 0.3) is 0 Å². The van der Waals surface area contributed by atoms with Crippen LogP contribution in [0, 0.1) is 0 Å². The van der Waals surface area contributed by atoms with E-state index in [-0.39, 0.29) is 17.7 Å². The Labute approximate surface area is 136 Å². The van der Waals surface area contributed by atoms with Gasteiger partial charge in [0.15, 0.2) is 0 Å². The molecule has 2 rings (SSSR count). The Morgan fingerprint density at radius 2 is 1.87 bits per heavy atom. The smallest absolute Gasteiger partial charge is 0.410 e. The number of para-hydroxylation sites is 1. The number of aromatic carboxylic acids is 1. The minimum absolute atomic E-state index is 0.0109. The van der Waals surface area contributed by atoms with Gasteiger partial charge in [0.1, 0.15) is 5.60 Å². The molecule has 6 heteroatoms. The molecule has 1 amide bonds. The average molecular weight is 320 g/mol. The third-order valence-electron chi connectivity index (χ3n) is 3.72. The lowest BCUT2D eigenvalue weighted by molar-refractivity contribution is 0.0218. The number of rotatable bonds is 2. The number of carboxylic acid groups (broad SMARTS) is 1. The lowest BCUT2D eigenvalue weighted by Gasteiger charge is -2.41. The zero-order chi connectivity index (χ0) is 17.2. The average Bonchev–Trinajstić information content (AvgIpc) is 2.45. The van der Waals surface area contributed by atoms with E-state index in [1.54, 1.807) is 17.0 Å². The highest BCUT2D eigenvalue weighted by Crippen LogP contribution is 2.25. The highest BCUT2D eigenvalue weighted by molar-refractivity contribution is 5.94. The summed E-state index contributed by atoms with van der Waals surface area (Å²) >= 11 is 0. The molecule has 1 unspecified atom stereocenters. The van der Waals surface area contributed by atoms with Crippen molar-refractivity contribution in [3.05, 3.63) is 29.8 Å². The largest absolute Gasteiger partial charge is 0.478 e. The predicted molar refractivity (Wildman–Crippen MR) is 88.0 cm³/mol. The molecule has 1 N–H and O–H groups in total. The first kappa shape index (κ1) is 17.1. The molecule has 1 heterocycles. The fraction of sp³-hybridized carbons (Fsp3) is 0.529. The third-order valence-corrected chi connectivity index (χ3v) is 3.72. The molecule has 1 aliphatic rings. The summed E-state index contributed by atoms with van der Waals surface area (Å²) in [7, 11) is 0. The number of carbonyl (C=O) groups excluding carboxylic acids is 1. The van der Waals surface area contributed by atoms with Crippen molar-refractivity contribution in [1.29, 1.82) is 0 Å². The molecule has 0 aliphatic carbocycles. The Bertz CT molecular complexity index is 595. The van der Waals surface area contributed by atoms with Crippen molar-refractivity contribution in [3.63, 3.8) is 0 Å². The summed E-state index contributed by atoms with van der Waals surface area (Å²) in [5.74, 6) is -0.942. The zero-order valence-corrected chi connectivity index (χ0v) is 14.1. The summed E-state index contributed by atoms with van der Waals surface area (Å²) in [4.78, 5) is 27.3. The summed E-state index contributed by atoms with van der Waals surface area (Å²) < 4.78 is 5.40. The monoisotopic (exact) mass is 320 g/mol. The van der Waals surface area contributed by atoms with E-state index in [0.29, 0.717) is 25.3 Å². The van der Waals surface area contributed by atoms with Gasteiger partial charge in [-0.3, -0.25) is 0 Å². The molecular formula is C17H24N2O4. The second kappa shape index (κ2) is 6.48. The first-order chi connectivity index (χ1) is 10.7. The molecule has 126 valence electrons. The first-order valence-corrected chi connectivity index (χ1v) is 7.76. The normalized spacial score (nSPS) is 18.7. The molecule has 1 aliphatic heterocycles. The van der Waals surface area contributed by atoms with Crippen LogP contribution in [0.15, 0.2) is 24.3 Å². The first-order valence-electron chi connectivity index (χ1n) is 7.76. The van der Waals surface area contributed by atoms with Crippen molar-refractivity contribution in [2.75, 3.05) is 24.5 Å². The van der Waals surface area contributed by atoms with Crippen LogP contribution in [0.1, 0.15) is 38.1 Å². The molecule has 6 nitrogen and oxygen atoms in total. The van der Waals surface area contributed by atoms with Gasteiger partial charge in [-0.15, -0.1) is 0 Å². The molecule has 0 bridgehead atoms. The van der Waals surface area contributed by atoms with Crippen molar-refractivity contribution in [1.82, 2.24) is 4.90 Å². The van der Waals surface area contributed by atoms with Crippen LogP contribution < -0.4 is 4.90 Å². The zero-order valence-electron chi connectivity index (χ0n) is 14.1. The van der Waals surface area contributed by atoms with Crippen LogP contribution >= 0.6 is 0 Å². The molecular weight excluding hydrogens is 296 g/mol. The Morgan fingerprint density at radius 3 is 2.43 bits per heavy atom. The van der Waals surface area contributed by atoms with E-state index in [1.807, 2.05) is 44.7 Å². The van der Waals surface area contributed by atoms with Gasteiger partial charge in [0.2, 0.25) is 0 Å². The van der Waals surface area contributed by atoms with Gasteiger partial charge < -0.3 is 19.6 Å². The minimum atomic E-state index is -0.942. The van der Waals surface area contributed by atoms with Crippen molar-refractivity contribution in [2.45, 2.75) is 39.3 Å². The lowest BCUT2D eigenvalue weighted by atomic mass is 10.1. The summed E-state index contributed by atoms with van der Waals surface area (Å²) in [5.41, 5.74) is 0.453. The molecule has 0 radical (unpaired) electrons. The highest BCUT2D eigenvalue weighted by Gasteiger charge is 2.31. The van der Waals surface area contributed by atoms with Crippen LogP contribution in [0.2, 0.25) is 0 Å². The van der Waals surface area contributed by atoms with E-state index in [4.69, 9.17) is 4.74 Å². The van der Waals surface area contributed by atoms with Gasteiger partial charge in [-0.25, -0.2) is 9.59 Å². The number of piperazine rings is 1. The van der Waals surface area contributed by atoms with Crippen LogP contribution in [-0.4, -0.2) is 53.3 Å². The van der Waals surface area contributed by atoms with Crippen molar-refractivity contribution >= 4 is 17.7 Å². The van der Waals surface area contributed by atoms with E-state index < -0.39 is 11.6 Å². The van der Waals surface area contributed by atoms with Gasteiger partial charge in [0.05, 0.1) is 11.3 Å². The molecule has 0 spiro atoms. The Balaban J connectivity index is 2.11. The van der Waals surface area contributed by atoms with Gasteiger partial charge >= 0.3 is 12.1 Å². The molecule has 1 saturated heterocycles. The molecule has 1 fully saturated rings. The number of hydrogen-bond donors (Lipinski definition) is 1. The molecule has 23 heavy (non-hydrogen) atoms. The third kappa shape index (κ3) is 4.15. The molecule has 1 aromatic carbocycles. The predicted octanol–water partition coefficient (Wildman–Crippen LogP) is 2.83. The number of benzene rings is 1. The number of hydrogen-bond acceptors (Lipinski definition) is 4. The Kier molecular flexibility index (Phi) is 4.82. The molecule has 0 aromatic heterocycles.